The van der Waals surface area contributed by atoms with Gasteiger partial charge in [-0.15, -0.1) is 0 Å². The summed E-state index contributed by atoms with van der Waals surface area (Å²) in [5, 5.41) is 8.65. The summed E-state index contributed by atoms with van der Waals surface area (Å²) in [6.07, 6.45) is 0.746. The molecule has 2 aromatic rings. The van der Waals surface area contributed by atoms with E-state index < -0.39 is 0 Å². The third-order valence-electron chi connectivity index (χ3n) is 4.35. The summed E-state index contributed by atoms with van der Waals surface area (Å²) in [7, 11) is 0. The molecule has 3 amide bonds. The van der Waals surface area contributed by atoms with E-state index in [1.54, 1.807) is 12.1 Å². The lowest BCUT2D eigenvalue weighted by Gasteiger charge is -2.26. The Morgan fingerprint density at radius 1 is 1.11 bits per heavy atom. The maximum Gasteiger partial charge on any atom is 0.315 e. The maximum absolute atomic E-state index is 12.6. The van der Waals surface area contributed by atoms with Crippen LogP contribution in [0.1, 0.15) is 47.8 Å². The Kier molecular flexibility index (Phi) is 5.96. The largest absolute Gasteiger partial charge is 0.493 e. The molecule has 1 aliphatic heterocycles. The van der Waals surface area contributed by atoms with Gasteiger partial charge < -0.3 is 20.7 Å². The minimum absolute atomic E-state index is 0.0523. The second-order valence-electron chi connectivity index (χ2n) is 6.88. The van der Waals surface area contributed by atoms with Gasteiger partial charge in [0.15, 0.2) is 0 Å². The number of nitrogens with one attached hydrogen (secondary N) is 3. The van der Waals surface area contributed by atoms with E-state index in [2.05, 4.69) is 16.0 Å². The molecule has 1 heterocycles. The summed E-state index contributed by atoms with van der Waals surface area (Å²) in [6, 6.07) is 14.9. The van der Waals surface area contributed by atoms with E-state index in [9.17, 15) is 9.59 Å². The van der Waals surface area contributed by atoms with Crippen molar-refractivity contribution in [3.05, 3.63) is 65.2 Å². The second kappa shape index (κ2) is 8.58. The van der Waals surface area contributed by atoms with Crippen LogP contribution in [0.25, 0.3) is 0 Å². The normalized spacial score (nSPS) is 15.4. The van der Waals surface area contributed by atoms with Crippen molar-refractivity contribution in [2.75, 3.05) is 6.61 Å². The molecule has 0 bridgehead atoms. The van der Waals surface area contributed by atoms with Crippen molar-refractivity contribution in [1.29, 1.82) is 0 Å². The van der Waals surface area contributed by atoms with Gasteiger partial charge in [0.2, 0.25) is 0 Å². The van der Waals surface area contributed by atoms with Gasteiger partial charge in [-0.3, -0.25) is 4.79 Å². The highest BCUT2D eigenvalue weighted by atomic mass is 16.5. The second-order valence-corrected chi connectivity index (χ2v) is 6.88. The van der Waals surface area contributed by atoms with Gasteiger partial charge in [-0.2, -0.15) is 0 Å². The van der Waals surface area contributed by atoms with Crippen molar-refractivity contribution in [2.45, 2.75) is 38.9 Å². The number of ether oxygens (including phenoxy) is 1. The molecule has 1 atom stereocenters. The van der Waals surface area contributed by atoms with Gasteiger partial charge in [-0.1, -0.05) is 30.3 Å². The van der Waals surface area contributed by atoms with E-state index >= 15 is 0 Å². The molecule has 3 rings (SSSR count). The zero-order valence-electron chi connectivity index (χ0n) is 15.6. The molecular weight excluding hydrogens is 342 g/mol. The summed E-state index contributed by atoms with van der Waals surface area (Å²) < 4.78 is 5.64. The highest BCUT2D eigenvalue weighted by Crippen LogP contribution is 2.31. The van der Waals surface area contributed by atoms with E-state index in [4.69, 9.17) is 4.74 Å². The summed E-state index contributed by atoms with van der Waals surface area (Å²) >= 11 is 0. The van der Waals surface area contributed by atoms with Crippen molar-refractivity contribution < 1.29 is 14.3 Å². The van der Waals surface area contributed by atoms with Gasteiger partial charge in [-0.05, 0) is 37.6 Å². The molecular formula is C21H25N3O3. The topological polar surface area (TPSA) is 79.5 Å². The molecule has 0 fully saturated rings. The van der Waals surface area contributed by atoms with Gasteiger partial charge in [-0.25, -0.2) is 4.79 Å². The van der Waals surface area contributed by atoms with Crippen LogP contribution < -0.4 is 20.7 Å². The number of para-hydroxylation sites is 1. The fourth-order valence-electron chi connectivity index (χ4n) is 3.00. The average molecular weight is 367 g/mol. The van der Waals surface area contributed by atoms with Crippen molar-refractivity contribution >= 4 is 11.9 Å². The van der Waals surface area contributed by atoms with Crippen LogP contribution in [0.5, 0.6) is 5.75 Å². The Bertz CT molecular complexity index is 803. The molecule has 27 heavy (non-hydrogen) atoms. The first kappa shape index (κ1) is 18.8. The number of carbonyl (C=O) groups excluding carboxylic acids is 2. The molecule has 0 saturated heterocycles. The fraction of sp³-hybridized carbons (Fsp3) is 0.333. The van der Waals surface area contributed by atoms with Gasteiger partial charge >= 0.3 is 6.03 Å². The van der Waals surface area contributed by atoms with E-state index in [1.165, 1.54) is 0 Å². The number of amides is 3. The molecule has 3 N–H and O–H groups in total. The zero-order chi connectivity index (χ0) is 19.2. The molecule has 0 radical (unpaired) electrons. The van der Waals surface area contributed by atoms with Crippen LogP contribution in [-0.2, 0) is 6.54 Å². The van der Waals surface area contributed by atoms with E-state index in [0.717, 1.165) is 23.3 Å². The van der Waals surface area contributed by atoms with E-state index in [1.807, 2.05) is 50.2 Å². The Labute approximate surface area is 159 Å². The average Bonchev–Trinajstić information content (AvgIpc) is 2.66. The third-order valence-corrected chi connectivity index (χ3v) is 4.35. The Hall–Kier alpha value is -3.02. The highest BCUT2D eigenvalue weighted by Gasteiger charge is 2.23. The molecule has 0 unspecified atom stereocenters. The standard InChI is InChI=1S/C21H25N3O3/c1-14(2)23-21(26)22-13-15-7-9-16(10-8-15)20(25)24-18-11-12-27-19-6-4-3-5-17(18)19/h3-10,14,18H,11-13H2,1-2H3,(H,24,25)(H2,22,23,26)/t18-/m0/s1. The van der Waals surface area contributed by atoms with Crippen molar-refractivity contribution in [3.63, 3.8) is 0 Å². The lowest BCUT2D eigenvalue weighted by molar-refractivity contribution is 0.0924. The quantitative estimate of drug-likeness (QED) is 0.759. The highest BCUT2D eigenvalue weighted by molar-refractivity contribution is 5.94. The molecule has 0 saturated carbocycles. The molecule has 6 nitrogen and oxygen atoms in total. The monoisotopic (exact) mass is 367 g/mol. The van der Waals surface area contributed by atoms with Crippen LogP contribution in [0.15, 0.2) is 48.5 Å². The van der Waals surface area contributed by atoms with Crippen molar-refractivity contribution in [2.24, 2.45) is 0 Å². The summed E-state index contributed by atoms with van der Waals surface area (Å²) in [6.45, 7) is 4.81. The van der Waals surface area contributed by atoms with Crippen molar-refractivity contribution in [3.8, 4) is 5.75 Å². The van der Waals surface area contributed by atoms with Crippen molar-refractivity contribution in [1.82, 2.24) is 16.0 Å². The van der Waals surface area contributed by atoms with E-state index in [0.29, 0.717) is 18.7 Å². The molecule has 0 spiro atoms. The number of hydrogen-bond donors (Lipinski definition) is 3. The van der Waals surface area contributed by atoms with Crippen LogP contribution in [0.4, 0.5) is 4.79 Å². The van der Waals surface area contributed by atoms with Gasteiger partial charge in [0, 0.05) is 30.1 Å². The molecule has 0 aromatic heterocycles. The molecule has 142 valence electrons. The van der Waals surface area contributed by atoms with Crippen LogP contribution in [0.2, 0.25) is 0 Å². The maximum atomic E-state index is 12.6. The zero-order valence-corrected chi connectivity index (χ0v) is 15.6. The SMILES string of the molecule is CC(C)NC(=O)NCc1ccc(C(=O)N[C@H]2CCOc3ccccc32)cc1. The Morgan fingerprint density at radius 2 is 1.85 bits per heavy atom. The molecule has 0 aliphatic carbocycles. The Morgan fingerprint density at radius 3 is 2.59 bits per heavy atom. The van der Waals surface area contributed by atoms with Crippen LogP contribution in [-0.4, -0.2) is 24.6 Å². The summed E-state index contributed by atoms with van der Waals surface area (Å²) in [5.74, 6) is 0.712. The smallest absolute Gasteiger partial charge is 0.315 e. The predicted molar refractivity (Wildman–Crippen MR) is 104 cm³/mol. The number of urea groups is 1. The van der Waals surface area contributed by atoms with Crippen LogP contribution >= 0.6 is 0 Å². The molecule has 1 aliphatic rings. The lowest BCUT2D eigenvalue weighted by atomic mass is 10.00. The van der Waals surface area contributed by atoms with Crippen LogP contribution in [0.3, 0.4) is 0 Å². The summed E-state index contributed by atoms with van der Waals surface area (Å²) in [5.41, 5.74) is 2.53. The molecule has 6 heteroatoms. The van der Waals surface area contributed by atoms with Gasteiger partial charge in [0.1, 0.15) is 5.75 Å². The number of fused-ring (bicyclic) bond motifs is 1. The first-order valence-electron chi connectivity index (χ1n) is 9.19. The molecule has 2 aromatic carbocycles. The minimum atomic E-state index is -0.204. The summed E-state index contributed by atoms with van der Waals surface area (Å²) in [4.78, 5) is 24.2. The third kappa shape index (κ3) is 5.00. The number of hydrogen-bond acceptors (Lipinski definition) is 3. The number of carbonyl (C=O) groups is 2. The van der Waals surface area contributed by atoms with Gasteiger partial charge in [0.25, 0.3) is 5.91 Å². The minimum Gasteiger partial charge on any atom is -0.493 e. The first-order valence-corrected chi connectivity index (χ1v) is 9.19. The van der Waals surface area contributed by atoms with Crippen LogP contribution in [0, 0.1) is 0 Å². The Balaban J connectivity index is 1.58. The lowest BCUT2D eigenvalue weighted by Crippen LogP contribution is -2.39. The number of rotatable bonds is 5. The first-order chi connectivity index (χ1) is 13.0. The fourth-order valence-corrected chi connectivity index (χ4v) is 3.00. The number of benzene rings is 2. The van der Waals surface area contributed by atoms with E-state index in [-0.39, 0.29) is 24.0 Å². The van der Waals surface area contributed by atoms with Gasteiger partial charge in [0.05, 0.1) is 12.6 Å². The predicted octanol–water partition coefficient (Wildman–Crippen LogP) is 3.15.